The molecule has 0 bridgehead atoms. The van der Waals surface area contributed by atoms with Crippen molar-refractivity contribution < 1.29 is 9.15 Å². The number of anilines is 1. The van der Waals surface area contributed by atoms with Gasteiger partial charge in [0.05, 0.1) is 19.4 Å². The monoisotopic (exact) mass is 282 g/mol. The van der Waals surface area contributed by atoms with E-state index in [0.29, 0.717) is 18.8 Å². The zero-order valence-corrected chi connectivity index (χ0v) is 11.3. The lowest BCUT2D eigenvalue weighted by Gasteiger charge is -2.32. The van der Waals surface area contributed by atoms with Crippen LogP contribution in [0.5, 0.6) is 0 Å². The topological polar surface area (TPSA) is 64.3 Å². The fraction of sp³-hybridized carbons (Fsp3) is 0.267. The molecule has 1 unspecified atom stereocenters. The first-order chi connectivity index (χ1) is 10.4. The molecule has 0 spiro atoms. The van der Waals surface area contributed by atoms with Crippen LogP contribution in [0.4, 0.5) is 5.82 Å². The average molecular weight is 282 g/mol. The van der Waals surface area contributed by atoms with Crippen LogP contribution in [0.25, 0.3) is 11.2 Å². The van der Waals surface area contributed by atoms with Gasteiger partial charge in [0.2, 0.25) is 0 Å². The van der Waals surface area contributed by atoms with Crippen molar-refractivity contribution in [3.05, 3.63) is 48.7 Å². The highest BCUT2D eigenvalue weighted by atomic mass is 16.5. The van der Waals surface area contributed by atoms with E-state index in [1.54, 1.807) is 18.7 Å². The summed E-state index contributed by atoms with van der Waals surface area (Å²) in [6.07, 6.45) is 4.94. The maximum atomic E-state index is 5.77. The van der Waals surface area contributed by atoms with Gasteiger partial charge in [0, 0.05) is 18.9 Å². The second-order valence-electron chi connectivity index (χ2n) is 4.89. The third-order valence-corrected chi connectivity index (χ3v) is 3.57. The molecule has 4 rings (SSSR count). The van der Waals surface area contributed by atoms with Gasteiger partial charge in [-0.15, -0.1) is 0 Å². The first-order valence-corrected chi connectivity index (χ1v) is 6.88. The first kappa shape index (κ1) is 12.3. The van der Waals surface area contributed by atoms with Gasteiger partial charge in [-0.25, -0.2) is 9.97 Å². The summed E-state index contributed by atoms with van der Waals surface area (Å²) in [5, 5.41) is 0. The summed E-state index contributed by atoms with van der Waals surface area (Å²) >= 11 is 0. The van der Waals surface area contributed by atoms with Crippen LogP contribution in [0.3, 0.4) is 0 Å². The number of ether oxygens (including phenoxy) is 1. The van der Waals surface area contributed by atoms with Crippen LogP contribution in [0.2, 0.25) is 0 Å². The first-order valence-electron chi connectivity index (χ1n) is 6.88. The molecule has 1 saturated heterocycles. The molecule has 0 saturated carbocycles. The molecule has 6 heteroatoms. The predicted molar refractivity (Wildman–Crippen MR) is 76.9 cm³/mol. The maximum Gasteiger partial charge on any atom is 0.180 e. The number of rotatable bonds is 2. The van der Waals surface area contributed by atoms with Crippen LogP contribution in [-0.4, -0.2) is 34.6 Å². The Hall–Kier alpha value is -2.47. The van der Waals surface area contributed by atoms with Crippen molar-refractivity contribution in [2.75, 3.05) is 24.6 Å². The molecular formula is C15H14N4O2. The Labute approximate surface area is 121 Å². The van der Waals surface area contributed by atoms with Crippen molar-refractivity contribution in [1.29, 1.82) is 0 Å². The minimum Gasteiger partial charge on any atom is -0.467 e. The number of aromatic nitrogens is 3. The van der Waals surface area contributed by atoms with Crippen LogP contribution in [0.15, 0.2) is 47.3 Å². The second kappa shape index (κ2) is 5.14. The Bertz CT molecular complexity index is 744. The number of fused-ring (bicyclic) bond motifs is 1. The molecule has 1 atom stereocenters. The molecule has 0 amide bonds. The van der Waals surface area contributed by atoms with Gasteiger partial charge in [-0.1, -0.05) is 0 Å². The summed E-state index contributed by atoms with van der Waals surface area (Å²) in [5.74, 6) is 1.74. The summed E-state index contributed by atoms with van der Waals surface area (Å²) in [7, 11) is 0. The van der Waals surface area contributed by atoms with Crippen LogP contribution < -0.4 is 4.90 Å². The van der Waals surface area contributed by atoms with Gasteiger partial charge in [0.15, 0.2) is 5.65 Å². The van der Waals surface area contributed by atoms with Gasteiger partial charge in [0.1, 0.15) is 23.2 Å². The quantitative estimate of drug-likeness (QED) is 0.718. The summed E-state index contributed by atoms with van der Waals surface area (Å²) in [4.78, 5) is 15.3. The molecule has 106 valence electrons. The van der Waals surface area contributed by atoms with Crippen LogP contribution in [-0.2, 0) is 4.74 Å². The lowest BCUT2D eigenvalue weighted by molar-refractivity contribution is 0.0255. The van der Waals surface area contributed by atoms with E-state index in [9.17, 15) is 0 Å². The number of furan rings is 1. The smallest absolute Gasteiger partial charge is 0.180 e. The predicted octanol–water partition coefficient (Wildman–Crippen LogP) is 2.20. The third kappa shape index (κ3) is 2.34. The molecule has 21 heavy (non-hydrogen) atoms. The van der Waals surface area contributed by atoms with Crippen molar-refractivity contribution in [3.8, 4) is 0 Å². The molecule has 0 N–H and O–H groups in total. The van der Waals surface area contributed by atoms with Crippen LogP contribution in [0, 0.1) is 0 Å². The van der Waals surface area contributed by atoms with E-state index in [2.05, 4.69) is 19.9 Å². The number of morpholine rings is 1. The van der Waals surface area contributed by atoms with E-state index in [1.165, 1.54) is 0 Å². The largest absolute Gasteiger partial charge is 0.467 e. The summed E-state index contributed by atoms with van der Waals surface area (Å²) < 4.78 is 11.2. The zero-order valence-electron chi connectivity index (χ0n) is 11.3. The average Bonchev–Trinajstić information content (AvgIpc) is 3.09. The standard InChI is InChI=1S/C15H14N4O2/c1-2-12(20-8-1)13-10-19(7-9-21-13)14-4-3-11-15(18-14)17-6-5-16-11/h1-6,8,13H,7,9-10H2. The number of hydrogen-bond acceptors (Lipinski definition) is 6. The molecule has 0 radical (unpaired) electrons. The Kier molecular flexibility index (Phi) is 3.01. The van der Waals surface area contributed by atoms with Gasteiger partial charge in [-0.05, 0) is 24.3 Å². The van der Waals surface area contributed by atoms with E-state index in [4.69, 9.17) is 9.15 Å². The zero-order chi connectivity index (χ0) is 14.1. The van der Waals surface area contributed by atoms with E-state index in [1.807, 2.05) is 24.3 Å². The number of nitrogens with zero attached hydrogens (tertiary/aromatic N) is 4. The SMILES string of the molecule is c1coc(C2CN(c3ccc4nccnc4n3)CCO2)c1. The minimum absolute atomic E-state index is 0.0619. The van der Waals surface area contributed by atoms with E-state index in [-0.39, 0.29) is 6.10 Å². The van der Waals surface area contributed by atoms with Gasteiger partial charge >= 0.3 is 0 Å². The Morgan fingerprint density at radius 1 is 1.14 bits per heavy atom. The molecular weight excluding hydrogens is 268 g/mol. The fourth-order valence-corrected chi connectivity index (χ4v) is 2.52. The van der Waals surface area contributed by atoms with Crippen LogP contribution in [0.1, 0.15) is 11.9 Å². The summed E-state index contributed by atoms with van der Waals surface area (Å²) in [5.41, 5.74) is 1.47. The Balaban J connectivity index is 1.62. The molecule has 0 aliphatic carbocycles. The second-order valence-corrected chi connectivity index (χ2v) is 4.89. The molecule has 0 aromatic carbocycles. The molecule has 1 aliphatic heterocycles. The normalized spacial score (nSPS) is 19.0. The van der Waals surface area contributed by atoms with Gasteiger partial charge in [-0.2, -0.15) is 0 Å². The van der Waals surface area contributed by atoms with Crippen molar-refractivity contribution >= 4 is 17.0 Å². The summed E-state index contributed by atoms with van der Waals surface area (Å²) in [6, 6.07) is 7.73. The van der Waals surface area contributed by atoms with Crippen molar-refractivity contribution in [2.24, 2.45) is 0 Å². The van der Waals surface area contributed by atoms with Crippen molar-refractivity contribution in [1.82, 2.24) is 15.0 Å². The van der Waals surface area contributed by atoms with E-state index in [0.717, 1.165) is 23.6 Å². The van der Waals surface area contributed by atoms with Gasteiger partial charge in [-0.3, -0.25) is 4.98 Å². The van der Waals surface area contributed by atoms with E-state index < -0.39 is 0 Å². The molecule has 6 nitrogen and oxygen atoms in total. The number of hydrogen-bond donors (Lipinski definition) is 0. The lowest BCUT2D eigenvalue weighted by Crippen LogP contribution is -2.38. The minimum atomic E-state index is -0.0619. The molecule has 1 aliphatic rings. The highest BCUT2D eigenvalue weighted by Crippen LogP contribution is 2.25. The third-order valence-electron chi connectivity index (χ3n) is 3.57. The molecule has 1 fully saturated rings. The molecule has 3 aromatic heterocycles. The lowest BCUT2D eigenvalue weighted by atomic mass is 10.2. The van der Waals surface area contributed by atoms with E-state index >= 15 is 0 Å². The Morgan fingerprint density at radius 2 is 2.10 bits per heavy atom. The van der Waals surface area contributed by atoms with Crippen molar-refractivity contribution in [2.45, 2.75) is 6.10 Å². The van der Waals surface area contributed by atoms with Gasteiger partial charge < -0.3 is 14.1 Å². The molecule has 3 aromatic rings. The fourth-order valence-electron chi connectivity index (χ4n) is 2.52. The summed E-state index contributed by atoms with van der Waals surface area (Å²) in [6.45, 7) is 2.16. The molecule has 4 heterocycles. The highest BCUT2D eigenvalue weighted by molar-refractivity contribution is 5.71. The highest BCUT2D eigenvalue weighted by Gasteiger charge is 2.24. The Morgan fingerprint density at radius 3 is 3.00 bits per heavy atom. The maximum absolute atomic E-state index is 5.77. The van der Waals surface area contributed by atoms with Crippen LogP contribution >= 0.6 is 0 Å². The van der Waals surface area contributed by atoms with Crippen molar-refractivity contribution in [3.63, 3.8) is 0 Å². The number of pyridine rings is 1. The van der Waals surface area contributed by atoms with Gasteiger partial charge in [0.25, 0.3) is 0 Å².